The Hall–Kier alpha value is -1.59. The van der Waals surface area contributed by atoms with Crippen molar-refractivity contribution in [3.05, 3.63) is 34.9 Å². The van der Waals surface area contributed by atoms with E-state index in [0.717, 1.165) is 0 Å². The van der Waals surface area contributed by atoms with Crippen LogP contribution in [0.5, 0.6) is 0 Å². The van der Waals surface area contributed by atoms with Gasteiger partial charge in [0.15, 0.2) is 0 Å². The average Bonchev–Trinajstić information content (AvgIpc) is 2.43. The maximum absolute atomic E-state index is 11.8. The van der Waals surface area contributed by atoms with Crippen LogP contribution in [0.25, 0.3) is 0 Å². The molecule has 0 saturated heterocycles. The molecule has 20 heavy (non-hydrogen) atoms. The second kappa shape index (κ2) is 8.55. The molecule has 2 amide bonds. The summed E-state index contributed by atoms with van der Waals surface area (Å²) in [6, 6.07) is 6.84. The summed E-state index contributed by atoms with van der Waals surface area (Å²) in [5.74, 6) is -0.376. The first kappa shape index (κ1) is 16.5. The predicted octanol–water partition coefficient (Wildman–Crippen LogP) is 1.04. The topological polar surface area (TPSA) is 70.2 Å². The van der Waals surface area contributed by atoms with Gasteiger partial charge in [0.25, 0.3) is 5.91 Å². The van der Waals surface area contributed by atoms with E-state index < -0.39 is 0 Å². The van der Waals surface area contributed by atoms with Crippen LogP contribution >= 0.6 is 11.6 Å². The van der Waals surface area contributed by atoms with Crippen molar-refractivity contribution in [2.45, 2.75) is 6.92 Å². The molecule has 110 valence electrons. The van der Waals surface area contributed by atoms with Crippen LogP contribution in [0.3, 0.4) is 0 Å². The third kappa shape index (κ3) is 5.19. The first-order valence-electron chi connectivity index (χ1n) is 6.51. The lowest BCUT2D eigenvalue weighted by Crippen LogP contribution is -2.39. The van der Waals surface area contributed by atoms with Gasteiger partial charge in [0.05, 0.1) is 10.6 Å². The van der Waals surface area contributed by atoms with E-state index in [0.29, 0.717) is 30.2 Å². The monoisotopic (exact) mass is 297 g/mol. The second-order valence-corrected chi connectivity index (χ2v) is 4.89. The SMILES string of the molecule is CNCC(C)C(=O)NCCNC(=O)c1ccccc1Cl. The molecule has 0 aliphatic rings. The minimum absolute atomic E-state index is 0.0358. The molecule has 0 heterocycles. The number of benzene rings is 1. The van der Waals surface area contributed by atoms with Gasteiger partial charge < -0.3 is 16.0 Å². The van der Waals surface area contributed by atoms with Gasteiger partial charge in [-0.3, -0.25) is 9.59 Å². The number of carbonyl (C=O) groups excluding carboxylic acids is 2. The fraction of sp³-hybridized carbons (Fsp3) is 0.429. The van der Waals surface area contributed by atoms with E-state index in [1.807, 2.05) is 6.92 Å². The van der Waals surface area contributed by atoms with Crippen LogP contribution in [-0.2, 0) is 4.79 Å². The standard InChI is InChI=1S/C14H20ClN3O2/c1-10(9-16-2)13(19)17-7-8-18-14(20)11-5-3-4-6-12(11)15/h3-6,10,16H,7-9H2,1-2H3,(H,17,19)(H,18,20). The van der Waals surface area contributed by atoms with Crippen molar-refractivity contribution in [3.63, 3.8) is 0 Å². The molecule has 1 aromatic carbocycles. The van der Waals surface area contributed by atoms with Gasteiger partial charge >= 0.3 is 0 Å². The fourth-order valence-electron chi connectivity index (χ4n) is 1.68. The van der Waals surface area contributed by atoms with E-state index in [4.69, 9.17) is 11.6 Å². The summed E-state index contributed by atoms with van der Waals surface area (Å²) in [5, 5.41) is 8.83. The number of amides is 2. The highest BCUT2D eigenvalue weighted by Crippen LogP contribution is 2.14. The first-order valence-corrected chi connectivity index (χ1v) is 6.89. The van der Waals surface area contributed by atoms with Crippen molar-refractivity contribution < 1.29 is 9.59 Å². The average molecular weight is 298 g/mol. The summed E-state index contributed by atoms with van der Waals surface area (Å²) < 4.78 is 0. The Morgan fingerprint density at radius 1 is 1.20 bits per heavy atom. The molecule has 0 saturated carbocycles. The van der Waals surface area contributed by atoms with Crippen molar-refractivity contribution in [2.24, 2.45) is 5.92 Å². The van der Waals surface area contributed by atoms with Gasteiger partial charge in [0.2, 0.25) is 5.91 Å². The third-order valence-electron chi connectivity index (χ3n) is 2.79. The maximum atomic E-state index is 11.8. The zero-order valence-corrected chi connectivity index (χ0v) is 12.5. The molecule has 0 fully saturated rings. The van der Waals surface area contributed by atoms with Crippen molar-refractivity contribution in [3.8, 4) is 0 Å². The summed E-state index contributed by atoms with van der Waals surface area (Å²) >= 11 is 5.92. The number of hydrogen-bond donors (Lipinski definition) is 3. The van der Waals surface area contributed by atoms with Crippen molar-refractivity contribution >= 4 is 23.4 Å². The Morgan fingerprint density at radius 3 is 2.50 bits per heavy atom. The number of rotatable bonds is 7. The first-order chi connectivity index (χ1) is 9.56. The summed E-state index contributed by atoms with van der Waals surface area (Å²) in [7, 11) is 1.80. The predicted molar refractivity (Wildman–Crippen MR) is 79.9 cm³/mol. The minimum Gasteiger partial charge on any atom is -0.354 e. The number of nitrogens with one attached hydrogen (secondary N) is 3. The van der Waals surface area contributed by atoms with Crippen LogP contribution in [0.2, 0.25) is 5.02 Å². The molecule has 0 aliphatic heterocycles. The van der Waals surface area contributed by atoms with Crippen molar-refractivity contribution in [1.29, 1.82) is 0 Å². The van der Waals surface area contributed by atoms with Crippen LogP contribution < -0.4 is 16.0 Å². The lowest BCUT2D eigenvalue weighted by atomic mass is 10.1. The second-order valence-electron chi connectivity index (χ2n) is 4.49. The highest BCUT2D eigenvalue weighted by atomic mass is 35.5. The Kier molecular flexibility index (Phi) is 7.04. The molecule has 0 aromatic heterocycles. The zero-order valence-electron chi connectivity index (χ0n) is 11.7. The maximum Gasteiger partial charge on any atom is 0.252 e. The van der Waals surface area contributed by atoms with Crippen LogP contribution in [0.15, 0.2) is 24.3 Å². The van der Waals surface area contributed by atoms with E-state index >= 15 is 0 Å². The third-order valence-corrected chi connectivity index (χ3v) is 3.12. The quantitative estimate of drug-likeness (QED) is 0.659. The lowest BCUT2D eigenvalue weighted by Gasteiger charge is -2.12. The van der Waals surface area contributed by atoms with Gasteiger partial charge in [-0.05, 0) is 19.2 Å². The van der Waals surface area contributed by atoms with E-state index in [1.165, 1.54) is 0 Å². The summed E-state index contributed by atoms with van der Waals surface area (Å²) in [4.78, 5) is 23.4. The molecular formula is C14H20ClN3O2. The van der Waals surface area contributed by atoms with Crippen LogP contribution in [-0.4, -0.2) is 38.5 Å². The van der Waals surface area contributed by atoms with E-state index in [2.05, 4.69) is 16.0 Å². The van der Waals surface area contributed by atoms with Crippen LogP contribution in [0.1, 0.15) is 17.3 Å². The molecular weight excluding hydrogens is 278 g/mol. The van der Waals surface area contributed by atoms with Gasteiger partial charge in [-0.1, -0.05) is 30.7 Å². The molecule has 1 atom stereocenters. The smallest absolute Gasteiger partial charge is 0.252 e. The molecule has 5 nitrogen and oxygen atoms in total. The Bertz CT molecular complexity index is 465. The minimum atomic E-state index is -0.242. The Morgan fingerprint density at radius 2 is 1.85 bits per heavy atom. The van der Waals surface area contributed by atoms with Crippen molar-refractivity contribution in [1.82, 2.24) is 16.0 Å². The van der Waals surface area contributed by atoms with E-state index in [-0.39, 0.29) is 17.7 Å². The lowest BCUT2D eigenvalue weighted by molar-refractivity contribution is -0.124. The molecule has 0 aliphatic carbocycles. The molecule has 0 spiro atoms. The Balaban J connectivity index is 2.30. The highest BCUT2D eigenvalue weighted by Gasteiger charge is 2.11. The summed E-state index contributed by atoms with van der Waals surface area (Å²) in [6.07, 6.45) is 0. The number of carbonyl (C=O) groups is 2. The normalized spacial score (nSPS) is 11.8. The zero-order chi connectivity index (χ0) is 15.0. The van der Waals surface area contributed by atoms with Crippen molar-refractivity contribution in [2.75, 3.05) is 26.7 Å². The van der Waals surface area contributed by atoms with Crippen LogP contribution in [0, 0.1) is 5.92 Å². The van der Waals surface area contributed by atoms with Crippen LogP contribution in [0.4, 0.5) is 0 Å². The van der Waals surface area contributed by atoms with E-state index in [9.17, 15) is 9.59 Å². The molecule has 6 heteroatoms. The van der Waals surface area contributed by atoms with Gasteiger partial charge in [-0.2, -0.15) is 0 Å². The van der Waals surface area contributed by atoms with Gasteiger partial charge in [0, 0.05) is 25.6 Å². The van der Waals surface area contributed by atoms with E-state index in [1.54, 1.807) is 31.3 Å². The highest BCUT2D eigenvalue weighted by molar-refractivity contribution is 6.33. The van der Waals surface area contributed by atoms with Gasteiger partial charge in [-0.15, -0.1) is 0 Å². The number of hydrogen-bond acceptors (Lipinski definition) is 3. The van der Waals surface area contributed by atoms with Gasteiger partial charge in [-0.25, -0.2) is 0 Å². The van der Waals surface area contributed by atoms with Gasteiger partial charge in [0.1, 0.15) is 0 Å². The Labute approximate surface area is 124 Å². The molecule has 1 aromatic rings. The fourth-order valence-corrected chi connectivity index (χ4v) is 1.90. The number of halogens is 1. The molecule has 0 radical (unpaired) electrons. The molecule has 1 unspecified atom stereocenters. The summed E-state index contributed by atoms with van der Waals surface area (Å²) in [5.41, 5.74) is 0.434. The molecule has 0 bridgehead atoms. The molecule has 3 N–H and O–H groups in total. The molecule has 1 rings (SSSR count). The summed E-state index contributed by atoms with van der Waals surface area (Å²) in [6.45, 7) is 3.22. The largest absolute Gasteiger partial charge is 0.354 e.